The average molecular weight is 177 g/mol. The van der Waals surface area contributed by atoms with Gasteiger partial charge in [0, 0.05) is 18.8 Å². The van der Waals surface area contributed by atoms with Crippen molar-refractivity contribution >= 4 is 5.78 Å². The van der Waals surface area contributed by atoms with Crippen molar-refractivity contribution in [3.63, 3.8) is 0 Å². The largest absolute Gasteiger partial charge is 0.300 e. The fraction of sp³-hybridized carbons (Fsp3) is 0.818. The van der Waals surface area contributed by atoms with Crippen LogP contribution >= 0.6 is 0 Å². The van der Waals surface area contributed by atoms with Crippen molar-refractivity contribution in [3.8, 4) is 6.07 Å². The Labute approximate surface area is 78.9 Å². The molecular weight excluding hydrogens is 162 g/mol. The van der Waals surface area contributed by atoms with E-state index in [4.69, 9.17) is 5.26 Å². The van der Waals surface area contributed by atoms with E-state index in [0.717, 1.165) is 38.5 Å². The number of rotatable bonds is 0. The number of carbonyl (C=O) groups excluding carboxylic acids is 1. The van der Waals surface area contributed by atoms with Crippen LogP contribution in [0, 0.1) is 29.1 Å². The molecule has 0 aromatic carbocycles. The van der Waals surface area contributed by atoms with Crippen molar-refractivity contribution in [1.82, 2.24) is 0 Å². The van der Waals surface area contributed by atoms with E-state index in [-0.39, 0.29) is 5.92 Å². The Hall–Kier alpha value is -0.840. The van der Waals surface area contributed by atoms with Crippen LogP contribution in [0.2, 0.25) is 0 Å². The fourth-order valence-corrected chi connectivity index (χ4v) is 2.81. The molecule has 0 aliphatic heterocycles. The summed E-state index contributed by atoms with van der Waals surface area (Å²) >= 11 is 0. The lowest BCUT2D eigenvalue weighted by molar-refractivity contribution is -0.123. The van der Waals surface area contributed by atoms with E-state index < -0.39 is 0 Å². The van der Waals surface area contributed by atoms with Crippen molar-refractivity contribution in [2.75, 3.05) is 0 Å². The Morgan fingerprint density at radius 2 is 2.08 bits per heavy atom. The van der Waals surface area contributed by atoms with E-state index in [9.17, 15) is 4.79 Å². The Morgan fingerprint density at radius 3 is 2.85 bits per heavy atom. The minimum Gasteiger partial charge on any atom is -0.300 e. The SMILES string of the molecule is N#C[C@H]1CC[C@H]2CC(=O)CC[C@@H]2C1. The first-order valence-corrected chi connectivity index (χ1v) is 5.21. The second kappa shape index (κ2) is 3.49. The second-order valence-electron chi connectivity index (χ2n) is 4.44. The molecule has 0 aromatic rings. The lowest BCUT2D eigenvalue weighted by atomic mass is 9.67. The number of nitrogens with zero attached hydrogens (tertiary/aromatic N) is 1. The van der Waals surface area contributed by atoms with Gasteiger partial charge in [0.25, 0.3) is 0 Å². The maximum Gasteiger partial charge on any atom is 0.133 e. The molecule has 2 aliphatic carbocycles. The predicted molar refractivity (Wildman–Crippen MR) is 48.8 cm³/mol. The molecule has 13 heavy (non-hydrogen) atoms. The van der Waals surface area contributed by atoms with Crippen LogP contribution in [0.25, 0.3) is 0 Å². The Kier molecular flexibility index (Phi) is 2.35. The molecule has 0 heterocycles. The fourth-order valence-electron chi connectivity index (χ4n) is 2.81. The van der Waals surface area contributed by atoms with Crippen LogP contribution in [-0.4, -0.2) is 5.78 Å². The minimum absolute atomic E-state index is 0.273. The molecular formula is C11H15NO. The molecule has 0 saturated heterocycles. The standard InChI is InChI=1S/C11H15NO/c12-7-8-1-2-10-6-11(13)4-3-9(10)5-8/h8-10H,1-6H2/t8-,9+,10-/m0/s1. The van der Waals surface area contributed by atoms with Gasteiger partial charge in [-0.2, -0.15) is 5.26 Å². The van der Waals surface area contributed by atoms with Gasteiger partial charge in [-0.1, -0.05) is 0 Å². The van der Waals surface area contributed by atoms with Gasteiger partial charge in [0.1, 0.15) is 5.78 Å². The normalized spacial score (nSPS) is 39.3. The highest BCUT2D eigenvalue weighted by molar-refractivity contribution is 5.79. The zero-order valence-corrected chi connectivity index (χ0v) is 7.83. The lowest BCUT2D eigenvalue weighted by Gasteiger charge is -2.36. The van der Waals surface area contributed by atoms with Crippen LogP contribution in [0.4, 0.5) is 0 Å². The van der Waals surface area contributed by atoms with E-state index in [1.54, 1.807) is 0 Å². The van der Waals surface area contributed by atoms with E-state index in [0.29, 0.717) is 17.6 Å². The van der Waals surface area contributed by atoms with Gasteiger partial charge in [-0.05, 0) is 37.5 Å². The lowest BCUT2D eigenvalue weighted by Crippen LogP contribution is -2.30. The molecule has 2 saturated carbocycles. The summed E-state index contributed by atoms with van der Waals surface area (Å²) in [6.07, 6.45) is 5.78. The van der Waals surface area contributed by atoms with Crippen LogP contribution in [-0.2, 0) is 4.79 Å². The molecule has 0 spiro atoms. The highest BCUT2D eigenvalue weighted by atomic mass is 16.1. The summed E-state index contributed by atoms with van der Waals surface area (Å²) in [4.78, 5) is 11.2. The van der Waals surface area contributed by atoms with Gasteiger partial charge in [-0.3, -0.25) is 4.79 Å². The van der Waals surface area contributed by atoms with Crippen LogP contribution in [0.15, 0.2) is 0 Å². The van der Waals surface area contributed by atoms with E-state index in [2.05, 4.69) is 6.07 Å². The zero-order valence-electron chi connectivity index (χ0n) is 7.83. The topological polar surface area (TPSA) is 40.9 Å². The third-order valence-electron chi connectivity index (χ3n) is 3.61. The van der Waals surface area contributed by atoms with Crippen molar-refractivity contribution < 1.29 is 4.79 Å². The number of Topliss-reactive ketones (excluding diaryl/α,β-unsaturated/α-hetero) is 1. The Morgan fingerprint density at radius 1 is 1.23 bits per heavy atom. The van der Waals surface area contributed by atoms with E-state index in [1.165, 1.54) is 0 Å². The first-order chi connectivity index (χ1) is 6.29. The quantitative estimate of drug-likeness (QED) is 0.569. The van der Waals surface area contributed by atoms with Crippen LogP contribution in [0.5, 0.6) is 0 Å². The average Bonchev–Trinajstić information content (AvgIpc) is 2.17. The molecule has 2 heteroatoms. The van der Waals surface area contributed by atoms with Gasteiger partial charge in [0.15, 0.2) is 0 Å². The number of hydrogen-bond acceptors (Lipinski definition) is 2. The summed E-state index contributed by atoms with van der Waals surface area (Å²) in [7, 11) is 0. The van der Waals surface area contributed by atoms with E-state index in [1.807, 2.05) is 0 Å². The minimum atomic E-state index is 0.273. The molecule has 0 unspecified atom stereocenters. The molecule has 2 aliphatic rings. The zero-order chi connectivity index (χ0) is 9.26. The van der Waals surface area contributed by atoms with Crippen LogP contribution < -0.4 is 0 Å². The van der Waals surface area contributed by atoms with Crippen LogP contribution in [0.3, 0.4) is 0 Å². The third-order valence-corrected chi connectivity index (χ3v) is 3.61. The van der Waals surface area contributed by atoms with E-state index >= 15 is 0 Å². The van der Waals surface area contributed by atoms with Gasteiger partial charge in [-0.15, -0.1) is 0 Å². The highest BCUT2D eigenvalue weighted by Gasteiger charge is 2.34. The maximum atomic E-state index is 11.2. The summed E-state index contributed by atoms with van der Waals surface area (Å²) in [5.41, 5.74) is 0. The molecule has 0 N–H and O–H groups in total. The maximum absolute atomic E-state index is 11.2. The Balaban J connectivity index is 1.98. The Bertz CT molecular complexity index is 253. The van der Waals surface area contributed by atoms with Gasteiger partial charge in [0.05, 0.1) is 6.07 Å². The molecule has 0 bridgehead atoms. The van der Waals surface area contributed by atoms with Gasteiger partial charge < -0.3 is 0 Å². The summed E-state index contributed by atoms with van der Waals surface area (Å²) in [5.74, 6) is 2.01. The van der Waals surface area contributed by atoms with Crippen LogP contribution in [0.1, 0.15) is 38.5 Å². The van der Waals surface area contributed by atoms with Crippen molar-refractivity contribution in [1.29, 1.82) is 5.26 Å². The van der Waals surface area contributed by atoms with Crippen molar-refractivity contribution in [2.45, 2.75) is 38.5 Å². The van der Waals surface area contributed by atoms with Gasteiger partial charge >= 0.3 is 0 Å². The highest BCUT2D eigenvalue weighted by Crippen LogP contribution is 2.41. The summed E-state index contributed by atoms with van der Waals surface area (Å²) in [6, 6.07) is 2.36. The number of fused-ring (bicyclic) bond motifs is 1. The molecule has 0 radical (unpaired) electrons. The van der Waals surface area contributed by atoms with Gasteiger partial charge in [0.2, 0.25) is 0 Å². The van der Waals surface area contributed by atoms with Crippen molar-refractivity contribution in [3.05, 3.63) is 0 Å². The first-order valence-electron chi connectivity index (χ1n) is 5.21. The smallest absolute Gasteiger partial charge is 0.133 e. The van der Waals surface area contributed by atoms with Crippen molar-refractivity contribution in [2.24, 2.45) is 17.8 Å². The summed E-state index contributed by atoms with van der Waals surface area (Å²) in [6.45, 7) is 0. The van der Waals surface area contributed by atoms with Gasteiger partial charge in [-0.25, -0.2) is 0 Å². The first kappa shape index (κ1) is 8.74. The summed E-state index contributed by atoms with van der Waals surface area (Å²) < 4.78 is 0. The predicted octanol–water partition coefficient (Wildman–Crippen LogP) is 2.30. The number of carbonyl (C=O) groups is 1. The molecule has 0 amide bonds. The summed E-state index contributed by atoms with van der Waals surface area (Å²) in [5, 5.41) is 8.82. The number of ketones is 1. The molecule has 2 nitrogen and oxygen atoms in total. The third kappa shape index (κ3) is 1.75. The molecule has 0 aromatic heterocycles. The monoisotopic (exact) mass is 177 g/mol. The molecule has 2 fully saturated rings. The molecule has 70 valence electrons. The number of nitriles is 1. The number of hydrogen-bond donors (Lipinski definition) is 0. The second-order valence-corrected chi connectivity index (χ2v) is 4.44. The molecule has 2 rings (SSSR count). The molecule has 3 atom stereocenters.